The van der Waals surface area contributed by atoms with E-state index in [1.807, 2.05) is 13.0 Å². The van der Waals surface area contributed by atoms with E-state index in [0.29, 0.717) is 22.4 Å². The SMILES string of the molecule is Cc1cccc(C2=N[C@H](NC(=O)[C@H](CCC(F)(F)F)[C@H](CCCC(F)(F)F)C(N)=O)C(=O)Cc3c(Cl)cccc32)c1. The zero-order valence-electron chi connectivity index (χ0n) is 21.9. The van der Waals surface area contributed by atoms with Gasteiger partial charge in [-0.2, -0.15) is 26.3 Å². The summed E-state index contributed by atoms with van der Waals surface area (Å²) in [5.41, 5.74) is 8.04. The van der Waals surface area contributed by atoms with E-state index in [4.69, 9.17) is 17.3 Å². The van der Waals surface area contributed by atoms with Crippen molar-refractivity contribution in [1.29, 1.82) is 0 Å². The molecule has 0 unspecified atom stereocenters. The van der Waals surface area contributed by atoms with Crippen LogP contribution in [0.4, 0.5) is 26.3 Å². The number of primary amides is 1. The second-order valence-electron chi connectivity index (χ2n) is 9.94. The van der Waals surface area contributed by atoms with Crippen molar-refractivity contribution in [3.05, 3.63) is 69.7 Å². The van der Waals surface area contributed by atoms with Crippen LogP contribution in [0.3, 0.4) is 0 Å². The number of amides is 2. The van der Waals surface area contributed by atoms with Crippen molar-refractivity contribution in [1.82, 2.24) is 5.32 Å². The van der Waals surface area contributed by atoms with E-state index in [1.54, 1.807) is 36.4 Å². The van der Waals surface area contributed by atoms with Crippen LogP contribution < -0.4 is 11.1 Å². The summed E-state index contributed by atoms with van der Waals surface area (Å²) in [6, 6.07) is 12.0. The molecular weight excluding hydrogens is 576 g/mol. The molecule has 1 aliphatic rings. The topological polar surface area (TPSA) is 102 Å². The van der Waals surface area contributed by atoms with Crippen LogP contribution in [-0.2, 0) is 20.8 Å². The van der Waals surface area contributed by atoms with E-state index in [0.717, 1.165) is 5.56 Å². The van der Waals surface area contributed by atoms with E-state index < -0.39 is 80.1 Å². The van der Waals surface area contributed by atoms with Gasteiger partial charge in [0, 0.05) is 47.2 Å². The molecule has 0 aliphatic carbocycles. The highest BCUT2D eigenvalue weighted by Gasteiger charge is 2.39. The van der Waals surface area contributed by atoms with Gasteiger partial charge in [0.2, 0.25) is 11.8 Å². The Morgan fingerprint density at radius 3 is 2.29 bits per heavy atom. The average Bonchev–Trinajstić information content (AvgIpc) is 2.99. The molecule has 0 spiro atoms. The first-order valence-electron chi connectivity index (χ1n) is 12.7. The van der Waals surface area contributed by atoms with Crippen molar-refractivity contribution in [3.8, 4) is 0 Å². The molecule has 0 aromatic heterocycles. The lowest BCUT2D eigenvalue weighted by atomic mass is 9.83. The number of hydrogen-bond acceptors (Lipinski definition) is 4. The van der Waals surface area contributed by atoms with Crippen molar-refractivity contribution < 1.29 is 40.7 Å². The summed E-state index contributed by atoms with van der Waals surface area (Å²) in [6.07, 6.45) is -16.1. The standard InChI is InChI=1S/C28H28ClF6N3O3/c1-15-5-2-6-16(13-15)23-17-7-3-9-21(29)20(17)14-22(39)25(37-23)38-26(41)19(10-12-28(33,34)35)18(24(36)40)8-4-11-27(30,31)32/h2-3,5-7,9,13,18-19,25H,4,8,10-12,14H2,1H3,(H2,36,40)(H,38,41)/t18-,19+,25+/m0/s1. The second-order valence-corrected chi connectivity index (χ2v) is 10.4. The van der Waals surface area contributed by atoms with Crippen molar-refractivity contribution in [2.24, 2.45) is 22.6 Å². The predicted octanol–water partition coefficient (Wildman–Crippen LogP) is 5.85. The van der Waals surface area contributed by atoms with Crippen LogP contribution in [0.25, 0.3) is 0 Å². The minimum atomic E-state index is -4.72. The largest absolute Gasteiger partial charge is 0.389 e. The van der Waals surface area contributed by atoms with Crippen LogP contribution in [0.1, 0.15) is 54.4 Å². The Bertz CT molecular complexity index is 1330. The Morgan fingerprint density at radius 1 is 1.02 bits per heavy atom. The quantitative estimate of drug-likeness (QED) is 0.333. The first-order valence-corrected chi connectivity index (χ1v) is 13.1. The highest BCUT2D eigenvalue weighted by atomic mass is 35.5. The summed E-state index contributed by atoms with van der Waals surface area (Å²) in [7, 11) is 0. The summed E-state index contributed by atoms with van der Waals surface area (Å²) in [5.74, 6) is -6.37. The maximum absolute atomic E-state index is 13.4. The monoisotopic (exact) mass is 603 g/mol. The summed E-state index contributed by atoms with van der Waals surface area (Å²) in [4.78, 5) is 43.3. The lowest BCUT2D eigenvalue weighted by molar-refractivity contribution is -0.147. The highest BCUT2D eigenvalue weighted by Crippen LogP contribution is 2.32. The van der Waals surface area contributed by atoms with Crippen molar-refractivity contribution >= 4 is 34.9 Å². The number of fused-ring (bicyclic) bond motifs is 1. The van der Waals surface area contributed by atoms with Crippen LogP contribution in [-0.4, -0.2) is 41.8 Å². The fourth-order valence-electron chi connectivity index (χ4n) is 4.78. The molecule has 3 N–H and O–H groups in total. The second kappa shape index (κ2) is 13.1. The van der Waals surface area contributed by atoms with E-state index in [1.165, 1.54) is 0 Å². The van der Waals surface area contributed by atoms with Crippen molar-refractivity contribution in [2.45, 2.75) is 64.0 Å². The number of alkyl halides is 6. The Labute approximate surface area is 237 Å². The van der Waals surface area contributed by atoms with Gasteiger partial charge in [-0.15, -0.1) is 0 Å². The first-order chi connectivity index (χ1) is 19.1. The van der Waals surface area contributed by atoms with Gasteiger partial charge in [-0.05, 0) is 43.9 Å². The molecule has 2 amide bonds. The molecule has 222 valence electrons. The smallest absolute Gasteiger partial charge is 0.369 e. The summed E-state index contributed by atoms with van der Waals surface area (Å²) < 4.78 is 77.4. The Morgan fingerprint density at radius 2 is 1.68 bits per heavy atom. The number of hydrogen-bond donors (Lipinski definition) is 2. The minimum absolute atomic E-state index is 0.267. The number of halogens is 7. The van der Waals surface area contributed by atoms with Gasteiger partial charge in [0.1, 0.15) is 0 Å². The maximum Gasteiger partial charge on any atom is 0.389 e. The molecule has 0 saturated carbocycles. The summed E-state index contributed by atoms with van der Waals surface area (Å²) in [5, 5.41) is 2.61. The Kier molecular flexibility index (Phi) is 10.2. The molecular formula is C28H28ClF6N3O3. The van der Waals surface area contributed by atoms with E-state index in [-0.39, 0.29) is 11.4 Å². The van der Waals surface area contributed by atoms with Crippen LogP contribution in [0, 0.1) is 18.8 Å². The maximum atomic E-state index is 13.4. The molecule has 1 aliphatic heterocycles. The van der Waals surface area contributed by atoms with Gasteiger partial charge < -0.3 is 11.1 Å². The van der Waals surface area contributed by atoms with Crippen molar-refractivity contribution in [2.75, 3.05) is 0 Å². The molecule has 0 radical (unpaired) electrons. The van der Waals surface area contributed by atoms with Gasteiger partial charge >= 0.3 is 12.4 Å². The Balaban J connectivity index is 1.99. The summed E-state index contributed by atoms with van der Waals surface area (Å²) in [6.45, 7) is 1.83. The highest BCUT2D eigenvalue weighted by molar-refractivity contribution is 6.32. The van der Waals surface area contributed by atoms with Gasteiger partial charge in [0.15, 0.2) is 11.9 Å². The molecule has 1 heterocycles. The number of rotatable bonds is 10. The number of aryl methyl sites for hydroxylation is 1. The number of nitrogens with zero attached hydrogens (tertiary/aromatic N) is 1. The molecule has 2 aromatic rings. The third-order valence-corrected chi connectivity index (χ3v) is 7.11. The van der Waals surface area contributed by atoms with Gasteiger partial charge in [0.25, 0.3) is 0 Å². The number of ketones is 1. The summed E-state index contributed by atoms with van der Waals surface area (Å²) >= 11 is 6.38. The average molecular weight is 604 g/mol. The number of nitrogens with one attached hydrogen (secondary N) is 1. The van der Waals surface area contributed by atoms with Gasteiger partial charge in [0.05, 0.1) is 5.71 Å². The predicted molar refractivity (Wildman–Crippen MR) is 140 cm³/mol. The molecule has 0 saturated heterocycles. The number of nitrogens with two attached hydrogens (primary N) is 1. The van der Waals surface area contributed by atoms with Crippen LogP contribution >= 0.6 is 11.6 Å². The van der Waals surface area contributed by atoms with E-state index in [2.05, 4.69) is 10.3 Å². The molecule has 3 atom stereocenters. The molecule has 0 bridgehead atoms. The molecule has 41 heavy (non-hydrogen) atoms. The van der Waals surface area contributed by atoms with E-state index in [9.17, 15) is 40.7 Å². The molecule has 0 fully saturated rings. The third kappa shape index (κ3) is 9.04. The Hall–Kier alpha value is -3.41. The number of benzene rings is 2. The zero-order chi connectivity index (χ0) is 30.5. The fourth-order valence-corrected chi connectivity index (χ4v) is 5.02. The van der Waals surface area contributed by atoms with Crippen LogP contribution in [0.5, 0.6) is 0 Å². The molecule has 2 aromatic carbocycles. The normalized spacial score (nSPS) is 17.2. The zero-order valence-corrected chi connectivity index (χ0v) is 22.7. The molecule has 3 rings (SSSR count). The number of aliphatic imine (C=N–C) groups is 1. The molecule has 13 heteroatoms. The molecule has 6 nitrogen and oxygen atoms in total. The lowest BCUT2D eigenvalue weighted by Crippen LogP contribution is -2.47. The van der Waals surface area contributed by atoms with Gasteiger partial charge in [-0.1, -0.05) is 47.5 Å². The number of carbonyl (C=O) groups is 3. The lowest BCUT2D eigenvalue weighted by Gasteiger charge is -2.26. The number of carbonyl (C=O) groups excluding carboxylic acids is 3. The van der Waals surface area contributed by atoms with Crippen LogP contribution in [0.15, 0.2) is 47.5 Å². The number of Topliss-reactive ketones (excluding diaryl/α,β-unsaturated/α-hetero) is 1. The first kappa shape index (κ1) is 32.1. The van der Waals surface area contributed by atoms with Gasteiger partial charge in [-0.25, -0.2) is 0 Å². The minimum Gasteiger partial charge on any atom is -0.369 e. The third-order valence-electron chi connectivity index (χ3n) is 6.76. The van der Waals surface area contributed by atoms with E-state index >= 15 is 0 Å². The fraction of sp³-hybridized carbons (Fsp3) is 0.429. The van der Waals surface area contributed by atoms with Gasteiger partial charge in [-0.3, -0.25) is 19.4 Å². The van der Waals surface area contributed by atoms with Crippen molar-refractivity contribution in [3.63, 3.8) is 0 Å². The van der Waals surface area contributed by atoms with Crippen LogP contribution in [0.2, 0.25) is 5.02 Å².